The van der Waals surface area contributed by atoms with Crippen molar-refractivity contribution in [3.63, 3.8) is 0 Å². The van der Waals surface area contributed by atoms with Gasteiger partial charge < -0.3 is 21.7 Å². The number of nitrogens with two attached hydrogens (primary N) is 2. The van der Waals surface area contributed by atoms with Crippen molar-refractivity contribution in [2.24, 2.45) is 5.73 Å². The summed E-state index contributed by atoms with van der Waals surface area (Å²) in [7, 11) is 0. The maximum absolute atomic E-state index is 13.0. The van der Waals surface area contributed by atoms with Crippen LogP contribution in [0.1, 0.15) is 23.3 Å². The molecule has 4 rings (SSSR count). The van der Waals surface area contributed by atoms with Gasteiger partial charge in [0.15, 0.2) is 5.69 Å². The number of nitrogens with one attached hydrogen (secondary N) is 1. The Morgan fingerprint density at radius 2 is 2.17 bits per heavy atom. The number of pyridine rings is 2. The highest BCUT2D eigenvalue weighted by atomic mass is 35.5. The van der Waals surface area contributed by atoms with Crippen molar-refractivity contribution < 1.29 is 4.79 Å². The largest absolute Gasteiger partial charge is 0.397 e. The molecule has 0 bridgehead atoms. The van der Waals surface area contributed by atoms with Gasteiger partial charge in [0.25, 0.3) is 5.91 Å². The number of piperidine rings is 1. The number of thiophene rings is 1. The van der Waals surface area contributed by atoms with Crippen LogP contribution in [0.25, 0.3) is 10.6 Å². The molecule has 0 radical (unpaired) electrons. The van der Waals surface area contributed by atoms with Crippen molar-refractivity contribution in [1.29, 1.82) is 0 Å². The standard InChI is InChI=1S/C20H21ClN6OS/c21-13-6-9-29-19(13)15-4-3-14(23)18(25-15)20(28)26-16-10-24-7-5-17(16)27-8-1-2-12(22)11-27/h3-7,9-10,12H,1-2,8,11,22-23H2,(H,26,28)/t12-/m0/s1. The molecule has 0 aromatic carbocycles. The zero-order valence-corrected chi connectivity index (χ0v) is 17.2. The highest BCUT2D eigenvalue weighted by Crippen LogP contribution is 2.33. The van der Waals surface area contributed by atoms with Gasteiger partial charge in [-0.05, 0) is 42.5 Å². The molecular weight excluding hydrogens is 408 g/mol. The van der Waals surface area contributed by atoms with Crippen LogP contribution in [0.15, 0.2) is 42.0 Å². The topological polar surface area (TPSA) is 110 Å². The smallest absolute Gasteiger partial charge is 0.276 e. The molecule has 0 saturated carbocycles. The average molecular weight is 429 g/mol. The molecule has 29 heavy (non-hydrogen) atoms. The monoisotopic (exact) mass is 428 g/mol. The number of hydrogen-bond acceptors (Lipinski definition) is 7. The highest BCUT2D eigenvalue weighted by Gasteiger charge is 2.21. The third-order valence-corrected chi connectivity index (χ3v) is 6.20. The summed E-state index contributed by atoms with van der Waals surface area (Å²) in [5.41, 5.74) is 14.7. The quantitative estimate of drug-likeness (QED) is 0.585. The lowest BCUT2D eigenvalue weighted by Gasteiger charge is -2.33. The van der Waals surface area contributed by atoms with Crippen molar-refractivity contribution in [3.8, 4) is 10.6 Å². The first kappa shape index (κ1) is 19.6. The Morgan fingerprint density at radius 3 is 2.93 bits per heavy atom. The number of rotatable bonds is 4. The molecule has 0 aliphatic carbocycles. The Bertz CT molecular complexity index is 1040. The SMILES string of the molecule is Nc1ccc(-c2sccc2Cl)nc1C(=O)Nc1cnccc1N1CCC[C@H](N)C1. The number of nitrogens with zero attached hydrogens (tertiary/aromatic N) is 3. The Hall–Kier alpha value is -2.68. The van der Waals surface area contributed by atoms with Crippen molar-refractivity contribution in [2.45, 2.75) is 18.9 Å². The third-order valence-electron chi connectivity index (χ3n) is 4.84. The van der Waals surface area contributed by atoms with Crippen LogP contribution in [0, 0.1) is 0 Å². The second-order valence-corrected chi connectivity index (χ2v) is 8.25. The molecule has 9 heteroatoms. The molecule has 1 atom stereocenters. The van der Waals surface area contributed by atoms with Crippen LogP contribution in [0.3, 0.4) is 0 Å². The summed E-state index contributed by atoms with van der Waals surface area (Å²) in [6.07, 6.45) is 5.34. The molecule has 0 unspecified atom stereocenters. The number of nitrogen functional groups attached to an aromatic ring is 1. The Balaban J connectivity index is 1.61. The maximum Gasteiger partial charge on any atom is 0.276 e. The van der Waals surface area contributed by atoms with E-state index >= 15 is 0 Å². The minimum Gasteiger partial charge on any atom is -0.397 e. The molecule has 1 saturated heterocycles. The summed E-state index contributed by atoms with van der Waals surface area (Å²) < 4.78 is 0. The summed E-state index contributed by atoms with van der Waals surface area (Å²) in [5.74, 6) is -0.396. The van der Waals surface area contributed by atoms with Gasteiger partial charge in [-0.15, -0.1) is 11.3 Å². The van der Waals surface area contributed by atoms with Gasteiger partial charge in [-0.2, -0.15) is 0 Å². The number of aromatic nitrogens is 2. The van der Waals surface area contributed by atoms with Crippen LogP contribution in [0.2, 0.25) is 5.02 Å². The van der Waals surface area contributed by atoms with Gasteiger partial charge in [0.2, 0.25) is 0 Å². The highest BCUT2D eigenvalue weighted by molar-refractivity contribution is 7.14. The molecule has 3 aromatic heterocycles. The van der Waals surface area contributed by atoms with E-state index in [0.717, 1.165) is 36.5 Å². The fourth-order valence-electron chi connectivity index (χ4n) is 3.42. The van der Waals surface area contributed by atoms with Crippen LogP contribution in [0.4, 0.5) is 17.1 Å². The first-order chi connectivity index (χ1) is 14.0. The molecule has 150 valence electrons. The van der Waals surface area contributed by atoms with Crippen LogP contribution in [-0.2, 0) is 0 Å². The van der Waals surface area contributed by atoms with E-state index in [1.54, 1.807) is 30.6 Å². The van der Waals surface area contributed by atoms with Crippen molar-refractivity contribution in [2.75, 3.05) is 29.0 Å². The maximum atomic E-state index is 13.0. The Labute approximate surface area is 177 Å². The van der Waals surface area contributed by atoms with E-state index in [9.17, 15) is 4.79 Å². The molecular formula is C20H21ClN6OS. The summed E-state index contributed by atoms with van der Waals surface area (Å²) in [4.78, 5) is 24.6. The predicted molar refractivity (Wildman–Crippen MR) is 119 cm³/mol. The third kappa shape index (κ3) is 4.19. The second kappa shape index (κ2) is 8.36. The zero-order valence-electron chi connectivity index (χ0n) is 15.6. The predicted octanol–water partition coefficient (Wildman–Crippen LogP) is 3.62. The van der Waals surface area contributed by atoms with E-state index in [2.05, 4.69) is 20.2 Å². The number of anilines is 3. The molecule has 3 aromatic rings. The zero-order chi connectivity index (χ0) is 20.4. The minimum atomic E-state index is -0.396. The molecule has 1 fully saturated rings. The molecule has 5 N–H and O–H groups in total. The molecule has 1 amide bonds. The number of halogens is 1. The number of hydrogen-bond donors (Lipinski definition) is 3. The Morgan fingerprint density at radius 1 is 1.31 bits per heavy atom. The van der Waals surface area contributed by atoms with Gasteiger partial charge in [-0.1, -0.05) is 11.6 Å². The van der Waals surface area contributed by atoms with Crippen LogP contribution >= 0.6 is 22.9 Å². The van der Waals surface area contributed by atoms with E-state index in [-0.39, 0.29) is 11.7 Å². The van der Waals surface area contributed by atoms with Gasteiger partial charge in [0, 0.05) is 25.3 Å². The first-order valence-corrected chi connectivity index (χ1v) is 10.5. The van der Waals surface area contributed by atoms with Gasteiger partial charge in [0.1, 0.15) is 0 Å². The van der Waals surface area contributed by atoms with Gasteiger partial charge >= 0.3 is 0 Å². The molecule has 1 aliphatic rings. The molecule has 1 aliphatic heterocycles. The normalized spacial score (nSPS) is 16.6. The summed E-state index contributed by atoms with van der Waals surface area (Å²) in [6.45, 7) is 1.62. The van der Waals surface area contributed by atoms with Crippen molar-refractivity contribution >= 4 is 45.9 Å². The lowest BCUT2D eigenvalue weighted by atomic mass is 10.1. The van der Waals surface area contributed by atoms with E-state index < -0.39 is 5.91 Å². The number of amides is 1. The lowest BCUT2D eigenvalue weighted by Crippen LogP contribution is -2.43. The van der Waals surface area contributed by atoms with Crippen molar-refractivity contribution in [3.05, 3.63) is 52.8 Å². The second-order valence-electron chi connectivity index (χ2n) is 6.93. The van der Waals surface area contributed by atoms with E-state index in [4.69, 9.17) is 23.1 Å². The number of carbonyl (C=O) groups excluding carboxylic acids is 1. The lowest BCUT2D eigenvalue weighted by molar-refractivity contribution is 0.102. The fourth-order valence-corrected chi connectivity index (χ4v) is 4.55. The Kier molecular flexibility index (Phi) is 5.66. The number of carbonyl (C=O) groups is 1. The van der Waals surface area contributed by atoms with Crippen LogP contribution in [-0.4, -0.2) is 35.0 Å². The summed E-state index contributed by atoms with van der Waals surface area (Å²) in [6, 6.07) is 7.22. The summed E-state index contributed by atoms with van der Waals surface area (Å²) >= 11 is 7.67. The van der Waals surface area contributed by atoms with Crippen LogP contribution in [0.5, 0.6) is 0 Å². The van der Waals surface area contributed by atoms with Gasteiger partial charge in [-0.3, -0.25) is 9.78 Å². The average Bonchev–Trinajstić information content (AvgIpc) is 3.14. The van der Waals surface area contributed by atoms with Crippen molar-refractivity contribution in [1.82, 2.24) is 9.97 Å². The van der Waals surface area contributed by atoms with E-state index in [1.807, 2.05) is 11.4 Å². The molecule has 7 nitrogen and oxygen atoms in total. The first-order valence-electron chi connectivity index (χ1n) is 9.28. The van der Waals surface area contributed by atoms with E-state index in [1.165, 1.54) is 11.3 Å². The van der Waals surface area contributed by atoms with Crippen LogP contribution < -0.4 is 21.7 Å². The van der Waals surface area contributed by atoms with E-state index in [0.29, 0.717) is 22.1 Å². The minimum absolute atomic E-state index is 0.116. The van der Waals surface area contributed by atoms with Gasteiger partial charge in [0.05, 0.1) is 38.9 Å². The van der Waals surface area contributed by atoms with Gasteiger partial charge in [-0.25, -0.2) is 4.98 Å². The fraction of sp³-hybridized carbons (Fsp3) is 0.250. The molecule has 0 spiro atoms. The summed E-state index contributed by atoms with van der Waals surface area (Å²) in [5, 5.41) is 5.38. The molecule has 4 heterocycles.